The zero-order chi connectivity index (χ0) is 15.3. The standard InChI is InChI=1S/C17H20FNO2S/c18-14-3-7-17(8-4-14)22(20,21)19-15-5-6-16(19)11-13(10-15)9-12-1-2-12/h3-4,7-9,12,15-16H,1-2,5-6,10-11H2. The summed E-state index contributed by atoms with van der Waals surface area (Å²) in [6, 6.07) is 5.35. The molecular weight excluding hydrogens is 301 g/mol. The molecule has 0 N–H and O–H groups in total. The average molecular weight is 321 g/mol. The molecule has 3 aliphatic rings. The van der Waals surface area contributed by atoms with Gasteiger partial charge in [0.1, 0.15) is 5.82 Å². The van der Waals surface area contributed by atoms with Crippen molar-refractivity contribution < 1.29 is 12.8 Å². The van der Waals surface area contributed by atoms with E-state index in [4.69, 9.17) is 0 Å². The summed E-state index contributed by atoms with van der Waals surface area (Å²) in [5, 5.41) is 0. The van der Waals surface area contributed by atoms with Crippen molar-refractivity contribution in [2.24, 2.45) is 5.92 Å². The molecule has 1 saturated carbocycles. The van der Waals surface area contributed by atoms with Gasteiger partial charge in [-0.15, -0.1) is 0 Å². The van der Waals surface area contributed by atoms with Crippen LogP contribution < -0.4 is 0 Å². The summed E-state index contributed by atoms with van der Waals surface area (Å²) in [7, 11) is -3.51. The van der Waals surface area contributed by atoms with Crippen molar-refractivity contribution in [2.45, 2.75) is 55.5 Å². The van der Waals surface area contributed by atoms with Crippen LogP contribution in [-0.2, 0) is 10.0 Å². The van der Waals surface area contributed by atoms with Crippen LogP contribution >= 0.6 is 0 Å². The fourth-order valence-electron chi connectivity index (χ4n) is 3.86. The Morgan fingerprint density at radius 3 is 2.14 bits per heavy atom. The fraction of sp³-hybridized carbons (Fsp3) is 0.529. The lowest BCUT2D eigenvalue weighted by molar-refractivity contribution is 0.284. The van der Waals surface area contributed by atoms with Gasteiger partial charge < -0.3 is 0 Å². The zero-order valence-corrected chi connectivity index (χ0v) is 13.2. The monoisotopic (exact) mass is 321 g/mol. The minimum Gasteiger partial charge on any atom is -0.207 e. The number of piperidine rings is 1. The molecule has 22 heavy (non-hydrogen) atoms. The number of sulfonamides is 1. The fourth-order valence-corrected chi connectivity index (χ4v) is 5.73. The number of halogens is 1. The van der Waals surface area contributed by atoms with E-state index in [1.54, 1.807) is 4.31 Å². The summed E-state index contributed by atoms with van der Waals surface area (Å²) < 4.78 is 40.5. The third-order valence-corrected chi connectivity index (χ3v) is 7.05. The maximum absolute atomic E-state index is 13.0. The van der Waals surface area contributed by atoms with E-state index in [9.17, 15) is 12.8 Å². The molecule has 0 aromatic heterocycles. The van der Waals surface area contributed by atoms with Crippen molar-refractivity contribution in [3.63, 3.8) is 0 Å². The van der Waals surface area contributed by atoms with Crippen molar-refractivity contribution in [3.8, 4) is 0 Å². The van der Waals surface area contributed by atoms with Gasteiger partial charge in [-0.1, -0.05) is 11.6 Å². The zero-order valence-electron chi connectivity index (χ0n) is 12.4. The summed E-state index contributed by atoms with van der Waals surface area (Å²) in [5.74, 6) is 0.338. The molecular formula is C17H20FNO2S. The third-order valence-electron chi connectivity index (χ3n) is 5.03. The SMILES string of the molecule is O=S(=O)(c1ccc(F)cc1)N1C2CCC1CC(=CC1CC1)C2. The van der Waals surface area contributed by atoms with E-state index in [2.05, 4.69) is 6.08 Å². The molecule has 1 aromatic carbocycles. The van der Waals surface area contributed by atoms with Crippen LogP contribution in [-0.4, -0.2) is 24.8 Å². The number of hydrogen-bond acceptors (Lipinski definition) is 2. The van der Waals surface area contributed by atoms with Crippen LogP contribution in [0.4, 0.5) is 4.39 Å². The maximum atomic E-state index is 13.0. The van der Waals surface area contributed by atoms with E-state index in [-0.39, 0.29) is 17.0 Å². The van der Waals surface area contributed by atoms with Gasteiger partial charge in [-0.2, -0.15) is 4.31 Å². The summed E-state index contributed by atoms with van der Waals surface area (Å²) in [6.45, 7) is 0. The molecule has 3 nitrogen and oxygen atoms in total. The molecule has 0 radical (unpaired) electrons. The Bertz CT molecular complexity index is 691. The van der Waals surface area contributed by atoms with Crippen molar-refractivity contribution in [1.29, 1.82) is 0 Å². The number of benzene rings is 1. The molecule has 2 atom stereocenters. The Labute approximate surface area is 130 Å². The molecule has 2 saturated heterocycles. The Hall–Kier alpha value is -1.20. The van der Waals surface area contributed by atoms with Crippen LogP contribution in [0.15, 0.2) is 40.8 Å². The van der Waals surface area contributed by atoms with Crippen molar-refractivity contribution in [2.75, 3.05) is 0 Å². The first-order chi connectivity index (χ1) is 10.5. The largest absolute Gasteiger partial charge is 0.243 e. The quantitative estimate of drug-likeness (QED) is 0.799. The molecule has 3 fully saturated rings. The van der Waals surface area contributed by atoms with Gasteiger partial charge in [-0.3, -0.25) is 0 Å². The maximum Gasteiger partial charge on any atom is 0.243 e. The molecule has 1 aromatic rings. The normalized spacial score (nSPS) is 28.9. The highest BCUT2D eigenvalue weighted by atomic mass is 32.2. The van der Waals surface area contributed by atoms with Gasteiger partial charge in [-0.25, -0.2) is 12.8 Å². The van der Waals surface area contributed by atoms with Crippen molar-refractivity contribution >= 4 is 10.0 Å². The predicted octanol–water partition coefficient (Wildman–Crippen LogP) is 3.48. The van der Waals surface area contributed by atoms with E-state index in [0.29, 0.717) is 0 Å². The molecule has 2 aliphatic heterocycles. The minimum absolute atomic E-state index is 0.0822. The van der Waals surface area contributed by atoms with Gasteiger partial charge in [0.05, 0.1) is 4.90 Å². The highest BCUT2D eigenvalue weighted by Crippen LogP contribution is 2.43. The lowest BCUT2D eigenvalue weighted by Gasteiger charge is -2.35. The Morgan fingerprint density at radius 1 is 1.00 bits per heavy atom. The highest BCUT2D eigenvalue weighted by molar-refractivity contribution is 7.89. The number of allylic oxidation sites excluding steroid dienone is 1. The third kappa shape index (κ3) is 2.50. The highest BCUT2D eigenvalue weighted by Gasteiger charge is 2.45. The molecule has 4 rings (SSSR count). The van der Waals surface area contributed by atoms with Gasteiger partial charge in [0.2, 0.25) is 10.0 Å². The first kappa shape index (κ1) is 14.4. The van der Waals surface area contributed by atoms with Gasteiger partial charge in [0, 0.05) is 12.1 Å². The van der Waals surface area contributed by atoms with Crippen LogP contribution in [0, 0.1) is 11.7 Å². The van der Waals surface area contributed by atoms with Crippen LogP contribution in [0.2, 0.25) is 0 Å². The molecule has 0 amide bonds. The number of fused-ring (bicyclic) bond motifs is 2. The predicted molar refractivity (Wildman–Crippen MR) is 82.3 cm³/mol. The Morgan fingerprint density at radius 2 is 1.59 bits per heavy atom. The topological polar surface area (TPSA) is 37.4 Å². The molecule has 2 heterocycles. The van der Waals surface area contributed by atoms with Crippen molar-refractivity contribution in [1.82, 2.24) is 4.31 Å². The minimum atomic E-state index is -3.51. The molecule has 1 aliphatic carbocycles. The molecule has 118 valence electrons. The van der Waals surface area contributed by atoms with Crippen LogP contribution in [0.25, 0.3) is 0 Å². The van der Waals surface area contributed by atoms with Gasteiger partial charge in [0.25, 0.3) is 0 Å². The van der Waals surface area contributed by atoms with Gasteiger partial charge in [0.15, 0.2) is 0 Å². The second-order valence-corrected chi connectivity index (χ2v) is 8.59. The van der Waals surface area contributed by atoms with E-state index in [0.717, 1.165) is 31.6 Å². The van der Waals surface area contributed by atoms with E-state index < -0.39 is 15.8 Å². The summed E-state index contributed by atoms with van der Waals surface area (Å²) >= 11 is 0. The smallest absolute Gasteiger partial charge is 0.207 e. The Balaban J connectivity index is 1.61. The molecule has 0 spiro atoms. The summed E-state index contributed by atoms with van der Waals surface area (Å²) in [5.41, 5.74) is 1.44. The average Bonchev–Trinajstić information content (AvgIpc) is 3.24. The second kappa shape index (κ2) is 5.17. The number of rotatable bonds is 3. The first-order valence-corrected chi connectivity index (χ1v) is 9.47. The number of hydrogen-bond donors (Lipinski definition) is 0. The van der Waals surface area contributed by atoms with E-state index in [1.807, 2.05) is 0 Å². The van der Waals surface area contributed by atoms with Crippen LogP contribution in [0.5, 0.6) is 0 Å². The lowest BCUT2D eigenvalue weighted by Crippen LogP contribution is -2.44. The van der Waals surface area contributed by atoms with Gasteiger partial charge in [-0.05, 0) is 68.7 Å². The summed E-state index contributed by atoms with van der Waals surface area (Å²) in [6.07, 6.45) is 8.57. The van der Waals surface area contributed by atoms with E-state index >= 15 is 0 Å². The lowest BCUT2D eigenvalue weighted by atomic mass is 9.98. The molecule has 2 unspecified atom stereocenters. The van der Waals surface area contributed by atoms with Crippen LogP contribution in [0.3, 0.4) is 0 Å². The van der Waals surface area contributed by atoms with Crippen molar-refractivity contribution in [3.05, 3.63) is 41.7 Å². The molecule has 5 heteroatoms. The van der Waals surface area contributed by atoms with E-state index in [1.165, 1.54) is 42.7 Å². The second-order valence-electron chi connectivity index (χ2n) is 6.74. The van der Waals surface area contributed by atoms with Crippen LogP contribution in [0.1, 0.15) is 38.5 Å². The Kier molecular flexibility index (Phi) is 3.38. The summed E-state index contributed by atoms with van der Waals surface area (Å²) in [4.78, 5) is 0.209. The number of nitrogens with zero attached hydrogens (tertiary/aromatic N) is 1. The first-order valence-electron chi connectivity index (χ1n) is 8.03. The van der Waals surface area contributed by atoms with Gasteiger partial charge >= 0.3 is 0 Å². The molecule has 2 bridgehead atoms.